The molecule has 21 heavy (non-hydrogen) atoms. The molecular formula is C17H18BrNO2. The maximum Gasteiger partial charge on any atom is 0.251 e. The van der Waals surface area contributed by atoms with Crippen molar-refractivity contribution in [2.75, 3.05) is 0 Å². The van der Waals surface area contributed by atoms with E-state index in [1.54, 1.807) is 26.0 Å². The van der Waals surface area contributed by atoms with Gasteiger partial charge in [-0.25, -0.2) is 0 Å². The third-order valence-corrected chi connectivity index (χ3v) is 3.69. The van der Waals surface area contributed by atoms with Crippen LogP contribution in [-0.4, -0.2) is 11.0 Å². The first-order valence-electron chi connectivity index (χ1n) is 6.72. The second-order valence-corrected chi connectivity index (χ2v) is 6.36. The van der Waals surface area contributed by atoms with Gasteiger partial charge in [-0.05, 0) is 43.2 Å². The summed E-state index contributed by atoms with van der Waals surface area (Å²) in [4.78, 5) is 12.0. The van der Waals surface area contributed by atoms with Crippen LogP contribution in [0.3, 0.4) is 0 Å². The number of hydrogen-bond donors (Lipinski definition) is 2. The number of carbonyl (C=O) groups is 1. The monoisotopic (exact) mass is 347 g/mol. The van der Waals surface area contributed by atoms with E-state index in [2.05, 4.69) is 21.2 Å². The van der Waals surface area contributed by atoms with Gasteiger partial charge in [-0.15, -0.1) is 0 Å². The maximum atomic E-state index is 12.0. The van der Waals surface area contributed by atoms with Crippen molar-refractivity contribution in [2.45, 2.75) is 26.0 Å². The van der Waals surface area contributed by atoms with E-state index >= 15 is 0 Å². The van der Waals surface area contributed by atoms with Crippen LogP contribution in [0.15, 0.2) is 53.0 Å². The van der Waals surface area contributed by atoms with Gasteiger partial charge in [-0.3, -0.25) is 4.79 Å². The first-order chi connectivity index (χ1) is 9.86. The molecule has 0 bridgehead atoms. The molecule has 1 amide bonds. The molecule has 0 atom stereocenters. The van der Waals surface area contributed by atoms with Gasteiger partial charge in [0.2, 0.25) is 0 Å². The summed E-state index contributed by atoms with van der Waals surface area (Å²) in [6.07, 6.45) is 0. The van der Waals surface area contributed by atoms with Gasteiger partial charge in [0, 0.05) is 16.6 Å². The van der Waals surface area contributed by atoms with Gasteiger partial charge in [0.1, 0.15) is 0 Å². The Bertz CT molecular complexity index is 630. The fourth-order valence-corrected chi connectivity index (χ4v) is 2.34. The van der Waals surface area contributed by atoms with E-state index < -0.39 is 5.60 Å². The molecule has 0 fully saturated rings. The molecule has 0 saturated heterocycles. The van der Waals surface area contributed by atoms with E-state index in [1.165, 1.54) is 0 Å². The standard InChI is InChI=1S/C17H18BrNO2/c1-17(2,21)14-8-6-12(7-9-14)11-19-16(20)13-4-3-5-15(18)10-13/h3-10,21H,11H2,1-2H3,(H,19,20). The molecule has 0 aromatic heterocycles. The van der Waals surface area contributed by atoms with E-state index in [9.17, 15) is 9.90 Å². The minimum absolute atomic E-state index is 0.108. The predicted molar refractivity (Wildman–Crippen MR) is 87.0 cm³/mol. The highest BCUT2D eigenvalue weighted by Gasteiger charge is 2.15. The van der Waals surface area contributed by atoms with Crippen molar-refractivity contribution in [2.24, 2.45) is 0 Å². The molecule has 0 spiro atoms. The summed E-state index contributed by atoms with van der Waals surface area (Å²) in [6, 6.07) is 14.8. The molecule has 4 heteroatoms. The molecule has 0 saturated carbocycles. The average Bonchev–Trinajstić information content (AvgIpc) is 2.44. The summed E-state index contributed by atoms with van der Waals surface area (Å²) in [6.45, 7) is 3.95. The number of halogens is 1. The van der Waals surface area contributed by atoms with Gasteiger partial charge in [-0.2, -0.15) is 0 Å². The summed E-state index contributed by atoms with van der Waals surface area (Å²) < 4.78 is 0.879. The highest BCUT2D eigenvalue weighted by atomic mass is 79.9. The Hall–Kier alpha value is -1.65. The Morgan fingerprint density at radius 1 is 1.19 bits per heavy atom. The SMILES string of the molecule is CC(C)(O)c1ccc(CNC(=O)c2cccc(Br)c2)cc1. The number of rotatable bonds is 4. The van der Waals surface area contributed by atoms with Crippen molar-refractivity contribution in [1.82, 2.24) is 5.32 Å². The van der Waals surface area contributed by atoms with Crippen LogP contribution in [0.5, 0.6) is 0 Å². The molecule has 2 rings (SSSR count). The topological polar surface area (TPSA) is 49.3 Å². The highest BCUT2D eigenvalue weighted by Crippen LogP contribution is 2.19. The van der Waals surface area contributed by atoms with Gasteiger partial charge in [0.25, 0.3) is 5.91 Å². The third kappa shape index (κ3) is 4.41. The summed E-state index contributed by atoms with van der Waals surface area (Å²) in [5, 5.41) is 12.8. The molecule has 3 nitrogen and oxygen atoms in total. The normalized spacial score (nSPS) is 11.2. The zero-order chi connectivity index (χ0) is 15.5. The van der Waals surface area contributed by atoms with Crippen LogP contribution in [0.2, 0.25) is 0 Å². The lowest BCUT2D eigenvalue weighted by molar-refractivity contribution is 0.0785. The fraction of sp³-hybridized carbons (Fsp3) is 0.235. The van der Waals surface area contributed by atoms with Crippen molar-refractivity contribution in [3.63, 3.8) is 0 Å². The number of hydrogen-bond acceptors (Lipinski definition) is 2. The number of nitrogens with one attached hydrogen (secondary N) is 1. The van der Waals surface area contributed by atoms with Gasteiger partial charge in [0.15, 0.2) is 0 Å². The molecule has 0 aliphatic rings. The molecule has 2 N–H and O–H groups in total. The summed E-state index contributed by atoms with van der Waals surface area (Å²) in [7, 11) is 0. The van der Waals surface area contributed by atoms with Crippen LogP contribution >= 0.6 is 15.9 Å². The van der Waals surface area contributed by atoms with Gasteiger partial charge < -0.3 is 10.4 Å². The molecule has 2 aromatic carbocycles. The van der Waals surface area contributed by atoms with Crippen LogP contribution < -0.4 is 5.32 Å². The van der Waals surface area contributed by atoms with Crippen molar-refractivity contribution in [1.29, 1.82) is 0 Å². The van der Waals surface area contributed by atoms with E-state index in [1.807, 2.05) is 36.4 Å². The second-order valence-electron chi connectivity index (χ2n) is 5.45. The van der Waals surface area contributed by atoms with Gasteiger partial charge in [0.05, 0.1) is 5.60 Å². The number of carbonyl (C=O) groups excluding carboxylic acids is 1. The Balaban J connectivity index is 1.98. The minimum Gasteiger partial charge on any atom is -0.386 e. The number of amides is 1. The molecule has 2 aromatic rings. The fourth-order valence-electron chi connectivity index (χ4n) is 1.94. The molecule has 0 heterocycles. The zero-order valence-electron chi connectivity index (χ0n) is 12.1. The predicted octanol–water partition coefficient (Wildman–Crippen LogP) is 3.61. The molecule has 0 radical (unpaired) electrons. The summed E-state index contributed by atoms with van der Waals surface area (Å²) in [5.74, 6) is -0.108. The Labute approximate surface area is 133 Å². The molecule has 0 aliphatic heterocycles. The largest absolute Gasteiger partial charge is 0.386 e. The van der Waals surface area contributed by atoms with Crippen molar-refractivity contribution in [3.8, 4) is 0 Å². The molecule has 0 unspecified atom stereocenters. The lowest BCUT2D eigenvalue weighted by Gasteiger charge is -2.18. The lowest BCUT2D eigenvalue weighted by Crippen LogP contribution is -2.23. The number of benzene rings is 2. The highest BCUT2D eigenvalue weighted by molar-refractivity contribution is 9.10. The van der Waals surface area contributed by atoms with Crippen LogP contribution in [-0.2, 0) is 12.1 Å². The van der Waals surface area contributed by atoms with E-state index in [0.717, 1.165) is 15.6 Å². The van der Waals surface area contributed by atoms with Gasteiger partial charge in [-0.1, -0.05) is 46.3 Å². The second kappa shape index (κ2) is 6.41. The molecule has 0 aliphatic carbocycles. The smallest absolute Gasteiger partial charge is 0.251 e. The zero-order valence-corrected chi connectivity index (χ0v) is 13.6. The Kier molecular flexibility index (Phi) is 4.80. The average molecular weight is 348 g/mol. The quantitative estimate of drug-likeness (QED) is 0.887. The van der Waals surface area contributed by atoms with Crippen LogP contribution in [0.1, 0.15) is 35.3 Å². The summed E-state index contributed by atoms with van der Waals surface area (Å²) in [5.41, 5.74) is 1.62. The van der Waals surface area contributed by atoms with Crippen molar-refractivity contribution >= 4 is 21.8 Å². The van der Waals surface area contributed by atoms with E-state index in [-0.39, 0.29) is 5.91 Å². The minimum atomic E-state index is -0.849. The van der Waals surface area contributed by atoms with Crippen LogP contribution in [0.4, 0.5) is 0 Å². The first-order valence-corrected chi connectivity index (χ1v) is 7.51. The van der Waals surface area contributed by atoms with E-state index in [0.29, 0.717) is 12.1 Å². The van der Waals surface area contributed by atoms with Crippen LogP contribution in [0, 0.1) is 0 Å². The summed E-state index contributed by atoms with van der Waals surface area (Å²) >= 11 is 3.35. The Morgan fingerprint density at radius 3 is 2.43 bits per heavy atom. The Morgan fingerprint density at radius 2 is 1.86 bits per heavy atom. The first kappa shape index (κ1) is 15.7. The van der Waals surface area contributed by atoms with E-state index in [4.69, 9.17) is 0 Å². The maximum absolute atomic E-state index is 12.0. The third-order valence-electron chi connectivity index (χ3n) is 3.20. The van der Waals surface area contributed by atoms with Crippen molar-refractivity contribution in [3.05, 3.63) is 69.7 Å². The number of aliphatic hydroxyl groups is 1. The van der Waals surface area contributed by atoms with Crippen LogP contribution in [0.25, 0.3) is 0 Å². The lowest BCUT2D eigenvalue weighted by atomic mass is 9.97. The van der Waals surface area contributed by atoms with Crippen molar-refractivity contribution < 1.29 is 9.90 Å². The van der Waals surface area contributed by atoms with Gasteiger partial charge >= 0.3 is 0 Å². The molecule has 110 valence electrons. The molecular weight excluding hydrogens is 330 g/mol.